The van der Waals surface area contributed by atoms with Gasteiger partial charge in [-0.25, -0.2) is 4.79 Å². The fourth-order valence-electron chi connectivity index (χ4n) is 2.83. The molecular weight excluding hydrogens is 318 g/mol. The Morgan fingerprint density at radius 2 is 1.92 bits per heavy atom. The van der Waals surface area contributed by atoms with Gasteiger partial charge in [-0.15, -0.1) is 0 Å². The van der Waals surface area contributed by atoms with Crippen molar-refractivity contribution >= 4 is 17.7 Å². The van der Waals surface area contributed by atoms with E-state index in [9.17, 15) is 9.59 Å². The SMILES string of the molecule is CN(Cc1ccc(NC(=O)Oc2ccccc2)cc1)C1CCNC1=O. The molecule has 3 rings (SSSR count). The van der Waals surface area contributed by atoms with Crippen molar-refractivity contribution in [3.8, 4) is 5.75 Å². The Hall–Kier alpha value is -2.86. The Balaban J connectivity index is 1.53. The lowest BCUT2D eigenvalue weighted by Crippen LogP contribution is -2.37. The van der Waals surface area contributed by atoms with E-state index >= 15 is 0 Å². The number of benzene rings is 2. The van der Waals surface area contributed by atoms with Gasteiger partial charge in [-0.1, -0.05) is 30.3 Å². The van der Waals surface area contributed by atoms with Gasteiger partial charge < -0.3 is 10.1 Å². The van der Waals surface area contributed by atoms with Crippen molar-refractivity contribution in [3.05, 3.63) is 60.2 Å². The summed E-state index contributed by atoms with van der Waals surface area (Å²) in [4.78, 5) is 25.6. The summed E-state index contributed by atoms with van der Waals surface area (Å²) in [5.41, 5.74) is 1.73. The summed E-state index contributed by atoms with van der Waals surface area (Å²) in [7, 11) is 1.94. The van der Waals surface area contributed by atoms with E-state index in [4.69, 9.17) is 4.74 Å². The molecule has 2 aromatic rings. The molecule has 130 valence electrons. The number of para-hydroxylation sites is 1. The number of amides is 2. The molecule has 25 heavy (non-hydrogen) atoms. The molecule has 1 aliphatic rings. The number of carbonyl (C=O) groups excluding carboxylic acids is 2. The van der Waals surface area contributed by atoms with Crippen LogP contribution in [0.15, 0.2) is 54.6 Å². The van der Waals surface area contributed by atoms with E-state index < -0.39 is 6.09 Å². The third-order valence-corrected chi connectivity index (χ3v) is 4.14. The van der Waals surface area contributed by atoms with Crippen LogP contribution in [0.3, 0.4) is 0 Å². The molecule has 2 amide bonds. The Kier molecular flexibility index (Phi) is 5.30. The lowest BCUT2D eigenvalue weighted by Gasteiger charge is -2.22. The molecule has 1 unspecified atom stereocenters. The molecule has 1 saturated heterocycles. The number of hydrogen-bond acceptors (Lipinski definition) is 4. The van der Waals surface area contributed by atoms with Crippen molar-refractivity contribution in [2.24, 2.45) is 0 Å². The van der Waals surface area contributed by atoms with Crippen LogP contribution in [0.1, 0.15) is 12.0 Å². The highest BCUT2D eigenvalue weighted by molar-refractivity contribution is 5.86. The van der Waals surface area contributed by atoms with Gasteiger partial charge in [0, 0.05) is 18.8 Å². The van der Waals surface area contributed by atoms with E-state index in [0.29, 0.717) is 18.0 Å². The van der Waals surface area contributed by atoms with Gasteiger partial charge in [0.15, 0.2) is 0 Å². The summed E-state index contributed by atoms with van der Waals surface area (Å²) >= 11 is 0. The second-order valence-corrected chi connectivity index (χ2v) is 6.04. The average Bonchev–Trinajstić information content (AvgIpc) is 3.03. The van der Waals surface area contributed by atoms with Gasteiger partial charge >= 0.3 is 6.09 Å². The number of ether oxygens (including phenoxy) is 1. The molecule has 0 radical (unpaired) electrons. The third kappa shape index (κ3) is 4.58. The molecule has 1 atom stereocenters. The number of nitrogens with zero attached hydrogens (tertiary/aromatic N) is 1. The normalized spacial score (nSPS) is 16.6. The van der Waals surface area contributed by atoms with Crippen LogP contribution in [0, 0.1) is 0 Å². The monoisotopic (exact) mass is 339 g/mol. The summed E-state index contributed by atoms with van der Waals surface area (Å²) < 4.78 is 5.19. The maximum Gasteiger partial charge on any atom is 0.417 e. The standard InChI is InChI=1S/C19H21N3O3/c1-22(17-11-12-20-18(17)23)13-14-7-9-15(10-8-14)21-19(24)25-16-5-3-2-4-6-16/h2-10,17H,11-13H2,1H3,(H,20,23)(H,21,24). The predicted octanol–water partition coefficient (Wildman–Crippen LogP) is 2.62. The van der Waals surface area contributed by atoms with E-state index in [-0.39, 0.29) is 11.9 Å². The maximum absolute atomic E-state index is 11.9. The molecule has 6 heteroatoms. The van der Waals surface area contributed by atoms with Crippen molar-refractivity contribution in [1.82, 2.24) is 10.2 Å². The van der Waals surface area contributed by atoms with Gasteiger partial charge in [-0.05, 0) is 43.3 Å². The van der Waals surface area contributed by atoms with Crippen molar-refractivity contribution in [1.29, 1.82) is 0 Å². The molecular formula is C19H21N3O3. The van der Waals surface area contributed by atoms with Crippen LogP contribution in [0.25, 0.3) is 0 Å². The Labute approximate surface area is 146 Å². The van der Waals surface area contributed by atoms with Crippen molar-refractivity contribution in [3.63, 3.8) is 0 Å². The van der Waals surface area contributed by atoms with Crippen LogP contribution in [-0.2, 0) is 11.3 Å². The summed E-state index contributed by atoms with van der Waals surface area (Å²) in [6, 6.07) is 16.3. The molecule has 1 fully saturated rings. The van der Waals surface area contributed by atoms with Gasteiger partial charge in [0.05, 0.1) is 6.04 Å². The zero-order valence-corrected chi connectivity index (χ0v) is 14.1. The van der Waals surface area contributed by atoms with Crippen LogP contribution < -0.4 is 15.4 Å². The molecule has 0 saturated carbocycles. The highest BCUT2D eigenvalue weighted by Gasteiger charge is 2.27. The molecule has 0 aliphatic carbocycles. The average molecular weight is 339 g/mol. The summed E-state index contributed by atoms with van der Waals surface area (Å²) in [5.74, 6) is 0.581. The third-order valence-electron chi connectivity index (χ3n) is 4.14. The largest absolute Gasteiger partial charge is 0.417 e. The van der Waals surface area contributed by atoms with Crippen LogP contribution in [0.4, 0.5) is 10.5 Å². The molecule has 0 spiro atoms. The summed E-state index contributed by atoms with van der Waals surface area (Å²) in [6.45, 7) is 1.41. The van der Waals surface area contributed by atoms with E-state index in [0.717, 1.165) is 18.5 Å². The highest BCUT2D eigenvalue weighted by atomic mass is 16.6. The summed E-state index contributed by atoms with van der Waals surface area (Å²) in [5, 5.41) is 5.54. The molecule has 1 heterocycles. The fraction of sp³-hybridized carbons (Fsp3) is 0.263. The molecule has 2 aromatic carbocycles. The Morgan fingerprint density at radius 3 is 2.56 bits per heavy atom. The second-order valence-electron chi connectivity index (χ2n) is 6.04. The first-order valence-corrected chi connectivity index (χ1v) is 8.22. The number of anilines is 1. The first-order valence-electron chi connectivity index (χ1n) is 8.22. The number of hydrogen-bond donors (Lipinski definition) is 2. The fourth-order valence-corrected chi connectivity index (χ4v) is 2.83. The number of carbonyl (C=O) groups is 2. The lowest BCUT2D eigenvalue weighted by atomic mass is 10.1. The van der Waals surface area contributed by atoms with Gasteiger partial charge in [-0.2, -0.15) is 0 Å². The zero-order chi connectivity index (χ0) is 17.6. The quantitative estimate of drug-likeness (QED) is 0.878. The van der Waals surface area contributed by atoms with Crippen molar-refractivity contribution < 1.29 is 14.3 Å². The Bertz CT molecular complexity index is 731. The van der Waals surface area contributed by atoms with Gasteiger partial charge in [-0.3, -0.25) is 15.0 Å². The predicted molar refractivity (Wildman–Crippen MR) is 95.4 cm³/mol. The van der Waals surface area contributed by atoms with E-state index in [2.05, 4.69) is 10.6 Å². The second kappa shape index (κ2) is 7.81. The molecule has 0 bridgehead atoms. The minimum Gasteiger partial charge on any atom is -0.410 e. The van der Waals surface area contributed by atoms with E-state index in [1.165, 1.54) is 0 Å². The number of rotatable bonds is 5. The Morgan fingerprint density at radius 1 is 1.20 bits per heavy atom. The highest BCUT2D eigenvalue weighted by Crippen LogP contribution is 2.16. The van der Waals surface area contributed by atoms with Crippen LogP contribution in [0.5, 0.6) is 5.75 Å². The summed E-state index contributed by atoms with van der Waals surface area (Å²) in [6.07, 6.45) is 0.305. The van der Waals surface area contributed by atoms with Crippen LogP contribution in [0.2, 0.25) is 0 Å². The van der Waals surface area contributed by atoms with Gasteiger partial charge in [0.1, 0.15) is 5.75 Å². The zero-order valence-electron chi connectivity index (χ0n) is 14.1. The van der Waals surface area contributed by atoms with Gasteiger partial charge in [0.2, 0.25) is 5.91 Å². The molecule has 0 aromatic heterocycles. The van der Waals surface area contributed by atoms with Crippen molar-refractivity contribution in [2.45, 2.75) is 19.0 Å². The maximum atomic E-state index is 11.9. The molecule has 1 aliphatic heterocycles. The van der Waals surface area contributed by atoms with Crippen molar-refractivity contribution in [2.75, 3.05) is 18.9 Å². The van der Waals surface area contributed by atoms with Gasteiger partial charge in [0.25, 0.3) is 0 Å². The van der Waals surface area contributed by atoms with E-state index in [1.807, 2.05) is 42.3 Å². The lowest BCUT2D eigenvalue weighted by molar-refractivity contribution is -0.123. The van der Waals surface area contributed by atoms with Crippen LogP contribution in [-0.4, -0.2) is 36.5 Å². The topological polar surface area (TPSA) is 70.7 Å². The molecule has 6 nitrogen and oxygen atoms in total. The first-order chi connectivity index (χ1) is 12.1. The van der Waals surface area contributed by atoms with Crippen LogP contribution >= 0.6 is 0 Å². The first kappa shape index (κ1) is 17.0. The minimum atomic E-state index is -0.529. The molecule has 2 N–H and O–H groups in total. The number of nitrogens with one attached hydrogen (secondary N) is 2. The minimum absolute atomic E-state index is 0.0707. The van der Waals surface area contributed by atoms with E-state index in [1.54, 1.807) is 24.3 Å². The smallest absolute Gasteiger partial charge is 0.410 e. The number of likely N-dealkylation sites (N-methyl/N-ethyl adjacent to an activating group) is 1.